The summed E-state index contributed by atoms with van der Waals surface area (Å²) < 4.78 is 5.15. The van der Waals surface area contributed by atoms with Gasteiger partial charge in [0.1, 0.15) is 5.54 Å². The van der Waals surface area contributed by atoms with Gasteiger partial charge in [0.15, 0.2) is 5.82 Å². The first kappa shape index (κ1) is 15.7. The summed E-state index contributed by atoms with van der Waals surface area (Å²) in [6, 6.07) is 7.98. The van der Waals surface area contributed by atoms with Crippen LogP contribution in [0.2, 0.25) is 0 Å². The van der Waals surface area contributed by atoms with E-state index < -0.39 is 5.54 Å². The Kier molecular flexibility index (Phi) is 4.46. The molecule has 3 rings (SSSR count). The van der Waals surface area contributed by atoms with Crippen LogP contribution in [0.4, 0.5) is 0 Å². The van der Waals surface area contributed by atoms with Crippen molar-refractivity contribution >= 4 is 5.91 Å². The van der Waals surface area contributed by atoms with Crippen LogP contribution in [0.15, 0.2) is 28.8 Å². The molecule has 1 amide bonds. The van der Waals surface area contributed by atoms with Crippen LogP contribution in [0.1, 0.15) is 54.9 Å². The van der Waals surface area contributed by atoms with Crippen molar-refractivity contribution < 1.29 is 9.32 Å². The van der Waals surface area contributed by atoms with Crippen LogP contribution >= 0.6 is 0 Å². The van der Waals surface area contributed by atoms with E-state index in [1.807, 2.05) is 31.2 Å². The van der Waals surface area contributed by atoms with E-state index in [1.54, 1.807) is 6.92 Å². The molecule has 1 aliphatic carbocycles. The standard InChI is InChI=1S/C18H23N3O2/c1-13-8-4-5-9-15(13)12-16(22)20-18(10-6-3-7-11-18)17-19-14(2)23-21-17/h4-5,8-9H,3,6-7,10-12H2,1-2H3,(H,20,22). The predicted molar refractivity (Wildman–Crippen MR) is 86.8 cm³/mol. The SMILES string of the molecule is Cc1nc(C2(NC(=O)Cc3ccccc3C)CCCCC2)no1. The zero-order chi connectivity index (χ0) is 16.3. The Morgan fingerprint density at radius 3 is 2.61 bits per heavy atom. The molecule has 0 aliphatic heterocycles. The summed E-state index contributed by atoms with van der Waals surface area (Å²) in [5.41, 5.74) is 1.71. The van der Waals surface area contributed by atoms with Gasteiger partial charge in [-0.25, -0.2) is 0 Å². The molecular weight excluding hydrogens is 290 g/mol. The summed E-state index contributed by atoms with van der Waals surface area (Å²) >= 11 is 0. The Bertz CT molecular complexity index is 687. The number of aryl methyl sites for hydroxylation is 2. The Morgan fingerprint density at radius 2 is 1.96 bits per heavy atom. The fraction of sp³-hybridized carbons (Fsp3) is 0.500. The van der Waals surface area contributed by atoms with Gasteiger partial charge in [-0.1, -0.05) is 48.7 Å². The number of rotatable bonds is 4. The van der Waals surface area contributed by atoms with Gasteiger partial charge in [0.2, 0.25) is 11.8 Å². The quantitative estimate of drug-likeness (QED) is 0.941. The Balaban J connectivity index is 1.79. The van der Waals surface area contributed by atoms with Crippen LogP contribution in [0, 0.1) is 13.8 Å². The maximum atomic E-state index is 12.6. The molecule has 1 aliphatic rings. The number of carbonyl (C=O) groups excluding carboxylic acids is 1. The van der Waals surface area contributed by atoms with E-state index >= 15 is 0 Å². The van der Waals surface area contributed by atoms with Crippen molar-refractivity contribution in [2.45, 2.75) is 57.9 Å². The van der Waals surface area contributed by atoms with Crippen molar-refractivity contribution in [2.24, 2.45) is 0 Å². The van der Waals surface area contributed by atoms with Gasteiger partial charge in [0.05, 0.1) is 6.42 Å². The highest BCUT2D eigenvalue weighted by Gasteiger charge is 2.39. The van der Waals surface area contributed by atoms with Crippen molar-refractivity contribution in [3.05, 3.63) is 47.1 Å². The molecule has 5 nitrogen and oxygen atoms in total. The molecule has 5 heteroatoms. The van der Waals surface area contributed by atoms with Crippen molar-refractivity contribution in [3.8, 4) is 0 Å². The minimum Gasteiger partial charge on any atom is -0.343 e. The van der Waals surface area contributed by atoms with Gasteiger partial charge in [-0.2, -0.15) is 4.98 Å². The van der Waals surface area contributed by atoms with Gasteiger partial charge in [-0.05, 0) is 30.9 Å². The highest BCUT2D eigenvalue weighted by atomic mass is 16.5. The van der Waals surface area contributed by atoms with Crippen molar-refractivity contribution in [1.29, 1.82) is 0 Å². The van der Waals surface area contributed by atoms with E-state index in [9.17, 15) is 4.79 Å². The van der Waals surface area contributed by atoms with Crippen LogP contribution in [0.5, 0.6) is 0 Å². The van der Waals surface area contributed by atoms with Crippen LogP contribution in [-0.4, -0.2) is 16.0 Å². The van der Waals surface area contributed by atoms with Gasteiger partial charge < -0.3 is 9.84 Å². The number of hydrogen-bond donors (Lipinski definition) is 1. The molecule has 0 unspecified atom stereocenters. The second kappa shape index (κ2) is 6.52. The topological polar surface area (TPSA) is 68.0 Å². The van der Waals surface area contributed by atoms with E-state index in [0.717, 1.165) is 36.8 Å². The highest BCUT2D eigenvalue weighted by Crippen LogP contribution is 2.35. The first-order valence-electron chi connectivity index (χ1n) is 8.25. The normalized spacial score (nSPS) is 17.0. The monoisotopic (exact) mass is 313 g/mol. The lowest BCUT2D eigenvalue weighted by Crippen LogP contribution is -2.48. The lowest BCUT2D eigenvalue weighted by atomic mass is 9.80. The summed E-state index contributed by atoms with van der Waals surface area (Å²) in [6.07, 6.45) is 5.44. The van der Waals surface area contributed by atoms with Gasteiger partial charge in [-0.15, -0.1) is 0 Å². The first-order valence-corrected chi connectivity index (χ1v) is 8.25. The van der Waals surface area contributed by atoms with E-state index in [2.05, 4.69) is 15.5 Å². The lowest BCUT2D eigenvalue weighted by molar-refractivity contribution is -0.123. The predicted octanol–water partition coefficient (Wildman–Crippen LogP) is 3.20. The molecule has 2 aromatic rings. The van der Waals surface area contributed by atoms with Gasteiger partial charge in [0, 0.05) is 6.92 Å². The number of carbonyl (C=O) groups is 1. The van der Waals surface area contributed by atoms with Gasteiger partial charge in [0.25, 0.3) is 0 Å². The molecule has 122 valence electrons. The van der Waals surface area contributed by atoms with Crippen molar-refractivity contribution in [3.63, 3.8) is 0 Å². The van der Waals surface area contributed by atoms with Gasteiger partial charge >= 0.3 is 0 Å². The Hall–Kier alpha value is -2.17. The highest BCUT2D eigenvalue weighted by molar-refractivity contribution is 5.79. The second-order valence-corrected chi connectivity index (χ2v) is 6.43. The van der Waals surface area contributed by atoms with Crippen LogP contribution in [-0.2, 0) is 16.8 Å². The van der Waals surface area contributed by atoms with Crippen molar-refractivity contribution in [2.75, 3.05) is 0 Å². The molecule has 1 heterocycles. The van der Waals surface area contributed by atoms with Crippen molar-refractivity contribution in [1.82, 2.24) is 15.5 Å². The zero-order valence-electron chi connectivity index (χ0n) is 13.8. The van der Waals surface area contributed by atoms with Crippen LogP contribution in [0.25, 0.3) is 0 Å². The molecule has 1 fully saturated rings. The third-order valence-corrected chi connectivity index (χ3v) is 4.65. The summed E-state index contributed by atoms with van der Waals surface area (Å²) in [4.78, 5) is 17.0. The van der Waals surface area contributed by atoms with E-state index in [1.165, 1.54) is 6.42 Å². The second-order valence-electron chi connectivity index (χ2n) is 6.43. The minimum absolute atomic E-state index is 0.0173. The first-order chi connectivity index (χ1) is 11.1. The number of hydrogen-bond acceptors (Lipinski definition) is 4. The smallest absolute Gasteiger partial charge is 0.225 e. The third kappa shape index (κ3) is 3.44. The van der Waals surface area contributed by atoms with Gasteiger partial charge in [-0.3, -0.25) is 4.79 Å². The molecule has 0 radical (unpaired) electrons. The third-order valence-electron chi connectivity index (χ3n) is 4.65. The maximum Gasteiger partial charge on any atom is 0.225 e. The van der Waals surface area contributed by atoms with Crippen LogP contribution in [0.3, 0.4) is 0 Å². The number of benzene rings is 1. The molecule has 0 bridgehead atoms. The Labute approximate surface area is 136 Å². The number of nitrogens with zero attached hydrogens (tertiary/aromatic N) is 2. The minimum atomic E-state index is -0.476. The summed E-state index contributed by atoms with van der Waals surface area (Å²) in [6.45, 7) is 3.81. The molecule has 1 N–H and O–H groups in total. The summed E-state index contributed by atoms with van der Waals surface area (Å²) in [5.74, 6) is 1.18. The fourth-order valence-corrected chi connectivity index (χ4v) is 3.35. The molecule has 1 aromatic carbocycles. The van der Waals surface area contributed by atoms with E-state index in [-0.39, 0.29) is 5.91 Å². The fourth-order valence-electron chi connectivity index (χ4n) is 3.35. The molecule has 1 saturated carbocycles. The maximum absolute atomic E-state index is 12.6. The van der Waals surface area contributed by atoms with Crippen LogP contribution < -0.4 is 5.32 Å². The molecule has 23 heavy (non-hydrogen) atoms. The largest absolute Gasteiger partial charge is 0.343 e. The molecular formula is C18H23N3O2. The molecule has 1 aromatic heterocycles. The molecule has 0 saturated heterocycles. The average Bonchev–Trinajstić information content (AvgIpc) is 2.98. The number of amides is 1. The number of aromatic nitrogens is 2. The van der Waals surface area contributed by atoms with E-state index in [4.69, 9.17) is 4.52 Å². The summed E-state index contributed by atoms with van der Waals surface area (Å²) in [5, 5.41) is 7.30. The van der Waals surface area contributed by atoms with E-state index in [0.29, 0.717) is 18.1 Å². The average molecular weight is 313 g/mol. The summed E-state index contributed by atoms with van der Waals surface area (Å²) in [7, 11) is 0. The zero-order valence-corrected chi connectivity index (χ0v) is 13.8. The Morgan fingerprint density at radius 1 is 1.22 bits per heavy atom. The number of nitrogens with one attached hydrogen (secondary N) is 1. The molecule has 0 atom stereocenters. The molecule has 0 spiro atoms. The lowest BCUT2D eigenvalue weighted by Gasteiger charge is -2.35.